The Bertz CT molecular complexity index is 463. The standard InChI is InChI=1S/C11H9N3O3/c1-2-7-16-11(15)17-14-10(8-12)9-5-3-4-6-13-9/h2-6H,1,7H2/b14-10+. The van der Waals surface area contributed by atoms with Crippen molar-refractivity contribution in [2.45, 2.75) is 0 Å². The van der Waals surface area contributed by atoms with Crippen LogP contribution in [0.3, 0.4) is 0 Å². The van der Waals surface area contributed by atoms with Gasteiger partial charge in [0.25, 0.3) is 0 Å². The van der Waals surface area contributed by atoms with E-state index in [1.165, 1.54) is 12.3 Å². The molecule has 0 amide bonds. The first kappa shape index (κ1) is 12.4. The summed E-state index contributed by atoms with van der Waals surface area (Å²) in [5.74, 6) is 0. The molecule has 0 fully saturated rings. The van der Waals surface area contributed by atoms with Crippen molar-refractivity contribution >= 4 is 11.9 Å². The molecule has 1 rings (SSSR count). The lowest BCUT2D eigenvalue weighted by Crippen LogP contribution is -2.07. The highest BCUT2D eigenvalue weighted by molar-refractivity contribution is 6.10. The number of carbonyl (C=O) groups is 1. The van der Waals surface area contributed by atoms with Gasteiger partial charge in [0.1, 0.15) is 18.4 Å². The van der Waals surface area contributed by atoms with E-state index in [0.29, 0.717) is 5.69 Å². The molecule has 0 bridgehead atoms. The topological polar surface area (TPSA) is 84.6 Å². The average Bonchev–Trinajstić information content (AvgIpc) is 2.38. The molecule has 0 spiro atoms. The van der Waals surface area contributed by atoms with Crippen LogP contribution in [0.15, 0.2) is 42.2 Å². The molecule has 0 aliphatic carbocycles. The molecular formula is C11H9N3O3. The second-order valence-corrected chi connectivity index (χ2v) is 2.71. The molecule has 1 aromatic heterocycles. The molecule has 0 unspecified atom stereocenters. The second-order valence-electron chi connectivity index (χ2n) is 2.71. The number of oxime groups is 1. The Morgan fingerprint density at radius 3 is 3.06 bits per heavy atom. The fraction of sp³-hybridized carbons (Fsp3) is 0.0909. The summed E-state index contributed by atoms with van der Waals surface area (Å²) >= 11 is 0. The number of pyridine rings is 1. The maximum absolute atomic E-state index is 10.9. The Morgan fingerprint density at radius 1 is 1.65 bits per heavy atom. The van der Waals surface area contributed by atoms with Gasteiger partial charge in [-0.05, 0) is 12.1 Å². The largest absolute Gasteiger partial charge is 0.535 e. The number of hydrogen-bond donors (Lipinski definition) is 0. The lowest BCUT2D eigenvalue weighted by molar-refractivity contribution is 0.0658. The lowest BCUT2D eigenvalue weighted by atomic mass is 10.2. The molecule has 86 valence electrons. The first-order valence-corrected chi connectivity index (χ1v) is 4.62. The summed E-state index contributed by atoms with van der Waals surface area (Å²) in [4.78, 5) is 19.2. The monoisotopic (exact) mass is 231 g/mol. The van der Waals surface area contributed by atoms with Crippen molar-refractivity contribution in [3.05, 3.63) is 42.7 Å². The summed E-state index contributed by atoms with van der Waals surface area (Å²) in [7, 11) is 0. The van der Waals surface area contributed by atoms with Crippen LogP contribution in [0, 0.1) is 11.3 Å². The Balaban J connectivity index is 2.66. The average molecular weight is 231 g/mol. The Hall–Kier alpha value is -2.68. The quantitative estimate of drug-likeness (QED) is 0.258. The zero-order valence-corrected chi connectivity index (χ0v) is 8.87. The van der Waals surface area contributed by atoms with Gasteiger partial charge in [-0.2, -0.15) is 5.26 Å². The zero-order chi connectivity index (χ0) is 12.5. The Labute approximate surface area is 97.8 Å². The number of rotatable bonds is 4. The minimum absolute atomic E-state index is 0.0137. The smallest absolute Gasteiger partial charge is 0.428 e. The molecule has 0 saturated carbocycles. The van der Waals surface area contributed by atoms with Gasteiger partial charge >= 0.3 is 6.16 Å². The summed E-state index contributed by atoms with van der Waals surface area (Å²) in [6.45, 7) is 3.37. The van der Waals surface area contributed by atoms with Crippen molar-refractivity contribution in [3.63, 3.8) is 0 Å². The molecule has 0 atom stereocenters. The van der Waals surface area contributed by atoms with Gasteiger partial charge in [-0.15, -0.1) is 0 Å². The van der Waals surface area contributed by atoms with Gasteiger partial charge in [-0.1, -0.05) is 23.9 Å². The lowest BCUT2D eigenvalue weighted by Gasteiger charge is -1.98. The summed E-state index contributed by atoms with van der Waals surface area (Å²) in [5.41, 5.74) is 0.202. The minimum Gasteiger partial charge on any atom is -0.428 e. The molecule has 0 saturated heterocycles. The van der Waals surface area contributed by atoms with Crippen molar-refractivity contribution in [2.75, 3.05) is 6.61 Å². The third kappa shape index (κ3) is 4.13. The summed E-state index contributed by atoms with van der Waals surface area (Å²) in [5, 5.41) is 12.1. The SMILES string of the molecule is C=CCOC(=O)O/N=C(\C#N)c1ccccn1. The van der Waals surface area contributed by atoms with Gasteiger partial charge in [0.15, 0.2) is 0 Å². The number of nitrogens with zero attached hydrogens (tertiary/aromatic N) is 3. The Morgan fingerprint density at radius 2 is 2.47 bits per heavy atom. The first-order chi connectivity index (χ1) is 8.27. The normalized spacial score (nSPS) is 10.2. The van der Waals surface area contributed by atoms with E-state index >= 15 is 0 Å². The highest BCUT2D eigenvalue weighted by Crippen LogP contribution is 1.97. The van der Waals surface area contributed by atoms with Gasteiger partial charge in [0.2, 0.25) is 5.71 Å². The summed E-state index contributed by atoms with van der Waals surface area (Å²) in [6, 6.07) is 6.71. The number of ether oxygens (including phenoxy) is 1. The fourth-order valence-electron chi connectivity index (χ4n) is 0.864. The molecule has 1 aromatic rings. The summed E-state index contributed by atoms with van der Waals surface area (Å²) < 4.78 is 4.51. The van der Waals surface area contributed by atoms with E-state index in [2.05, 4.69) is 26.3 Å². The van der Waals surface area contributed by atoms with Crippen LogP contribution in [0.4, 0.5) is 4.79 Å². The molecule has 0 aliphatic heterocycles. The highest BCUT2D eigenvalue weighted by Gasteiger charge is 2.07. The van der Waals surface area contributed by atoms with Crippen molar-refractivity contribution in [3.8, 4) is 6.07 Å². The maximum Gasteiger partial charge on any atom is 0.535 e. The van der Waals surface area contributed by atoms with Gasteiger partial charge in [-0.25, -0.2) is 4.79 Å². The molecular weight excluding hydrogens is 222 g/mol. The molecule has 0 aromatic carbocycles. The predicted molar refractivity (Wildman–Crippen MR) is 59.0 cm³/mol. The number of aromatic nitrogens is 1. The van der Waals surface area contributed by atoms with Crippen LogP contribution >= 0.6 is 0 Å². The second kappa shape index (κ2) is 6.74. The molecule has 1 heterocycles. The Kier molecular flexibility index (Phi) is 4.91. The molecule has 0 aliphatic rings. The van der Waals surface area contributed by atoms with E-state index in [0.717, 1.165) is 0 Å². The van der Waals surface area contributed by atoms with Crippen molar-refractivity contribution in [1.29, 1.82) is 5.26 Å². The van der Waals surface area contributed by atoms with Crippen LogP contribution in [0.5, 0.6) is 0 Å². The van der Waals surface area contributed by atoms with E-state index in [1.807, 2.05) is 0 Å². The van der Waals surface area contributed by atoms with E-state index in [-0.39, 0.29) is 12.3 Å². The maximum atomic E-state index is 10.9. The molecule has 0 radical (unpaired) electrons. The van der Waals surface area contributed by atoms with Crippen LogP contribution in [0.25, 0.3) is 0 Å². The number of nitriles is 1. The minimum atomic E-state index is -1.01. The van der Waals surface area contributed by atoms with Crippen molar-refractivity contribution in [2.24, 2.45) is 5.16 Å². The van der Waals surface area contributed by atoms with E-state index in [4.69, 9.17) is 5.26 Å². The third-order valence-corrected chi connectivity index (χ3v) is 1.54. The zero-order valence-electron chi connectivity index (χ0n) is 8.87. The third-order valence-electron chi connectivity index (χ3n) is 1.54. The van der Waals surface area contributed by atoms with Crippen LogP contribution in [0.2, 0.25) is 0 Å². The number of hydrogen-bond acceptors (Lipinski definition) is 6. The molecule has 6 heteroatoms. The van der Waals surface area contributed by atoms with Gasteiger partial charge < -0.3 is 4.74 Å². The van der Waals surface area contributed by atoms with E-state index < -0.39 is 6.16 Å². The highest BCUT2D eigenvalue weighted by atomic mass is 16.8. The first-order valence-electron chi connectivity index (χ1n) is 4.62. The number of carbonyl (C=O) groups excluding carboxylic acids is 1. The fourth-order valence-corrected chi connectivity index (χ4v) is 0.864. The molecule has 6 nitrogen and oxygen atoms in total. The van der Waals surface area contributed by atoms with Crippen LogP contribution in [-0.4, -0.2) is 23.5 Å². The van der Waals surface area contributed by atoms with Crippen molar-refractivity contribution < 1.29 is 14.4 Å². The predicted octanol–water partition coefficient (Wildman–Crippen LogP) is 1.65. The van der Waals surface area contributed by atoms with Crippen molar-refractivity contribution in [1.82, 2.24) is 4.98 Å². The van der Waals surface area contributed by atoms with Crippen LogP contribution in [-0.2, 0) is 9.57 Å². The van der Waals surface area contributed by atoms with Crippen LogP contribution in [0.1, 0.15) is 5.69 Å². The van der Waals surface area contributed by atoms with Gasteiger partial charge in [-0.3, -0.25) is 9.82 Å². The molecule has 0 N–H and O–H groups in total. The van der Waals surface area contributed by atoms with Crippen LogP contribution < -0.4 is 0 Å². The molecule has 17 heavy (non-hydrogen) atoms. The van der Waals surface area contributed by atoms with E-state index in [1.54, 1.807) is 24.3 Å². The van der Waals surface area contributed by atoms with Gasteiger partial charge in [0, 0.05) is 6.20 Å². The van der Waals surface area contributed by atoms with Gasteiger partial charge in [0.05, 0.1) is 0 Å². The summed E-state index contributed by atoms with van der Waals surface area (Å²) in [6.07, 6.45) is 1.88. The van der Waals surface area contributed by atoms with E-state index in [9.17, 15) is 4.79 Å².